The predicted octanol–water partition coefficient (Wildman–Crippen LogP) is 5.70. The van der Waals surface area contributed by atoms with Gasteiger partial charge < -0.3 is 24.8 Å². The molecule has 2 N–H and O–H groups in total. The number of ether oxygens (including phenoxy) is 3. The number of carbonyl (C=O) groups is 3. The first-order valence-electron chi connectivity index (χ1n) is 13.3. The van der Waals surface area contributed by atoms with Gasteiger partial charge in [0.05, 0.1) is 5.56 Å². The van der Waals surface area contributed by atoms with Crippen molar-refractivity contribution < 1.29 is 28.6 Å². The number of carbonyl (C=O) groups excluding carboxylic acids is 3. The normalized spacial score (nSPS) is 11.6. The molecule has 10 heteroatoms. The van der Waals surface area contributed by atoms with Gasteiger partial charge in [0, 0.05) is 24.5 Å². The fourth-order valence-electron chi connectivity index (χ4n) is 3.76. The van der Waals surface area contributed by atoms with E-state index in [9.17, 15) is 14.4 Å². The molecule has 42 heavy (non-hydrogen) atoms. The summed E-state index contributed by atoms with van der Waals surface area (Å²) >= 11 is 0. The molecule has 0 saturated carbocycles. The van der Waals surface area contributed by atoms with E-state index in [1.54, 1.807) is 87.8 Å². The minimum atomic E-state index is -0.959. The van der Waals surface area contributed by atoms with Crippen LogP contribution in [0, 0.1) is 0 Å². The lowest BCUT2D eigenvalue weighted by atomic mass is 10.0. The third-order valence-corrected chi connectivity index (χ3v) is 5.72. The van der Waals surface area contributed by atoms with Crippen molar-refractivity contribution in [1.29, 1.82) is 0 Å². The van der Waals surface area contributed by atoms with E-state index in [-0.39, 0.29) is 19.0 Å². The quantitative estimate of drug-likeness (QED) is 0.233. The lowest BCUT2D eigenvalue weighted by Gasteiger charge is -2.23. The molecule has 0 unspecified atom stereocenters. The van der Waals surface area contributed by atoms with E-state index in [4.69, 9.17) is 14.2 Å². The smallest absolute Gasteiger partial charge is 0.408 e. The number of alkyl carbamates (subject to hydrolysis) is 1. The van der Waals surface area contributed by atoms with Crippen LogP contribution in [0.4, 0.5) is 10.5 Å². The van der Waals surface area contributed by atoms with Crippen molar-refractivity contribution in [2.24, 2.45) is 0 Å². The van der Waals surface area contributed by atoms with Crippen LogP contribution in [0.25, 0.3) is 0 Å². The zero-order chi connectivity index (χ0) is 30.0. The molecule has 10 nitrogen and oxygen atoms in total. The number of hydrogen-bond acceptors (Lipinski definition) is 8. The molecule has 0 aliphatic carbocycles. The van der Waals surface area contributed by atoms with Crippen LogP contribution >= 0.6 is 0 Å². The average Bonchev–Trinajstić information content (AvgIpc) is 2.97. The lowest BCUT2D eigenvalue weighted by molar-refractivity contribution is -0.118. The van der Waals surface area contributed by atoms with Gasteiger partial charge in [-0.2, -0.15) is 0 Å². The first kappa shape index (κ1) is 29.7. The second-order valence-corrected chi connectivity index (χ2v) is 10.3. The zero-order valence-corrected chi connectivity index (χ0v) is 23.6. The fraction of sp³-hybridized carbons (Fsp3) is 0.219. The molecular weight excluding hydrogens is 536 g/mol. The number of nitrogens with zero attached hydrogens (tertiary/aromatic N) is 2. The second-order valence-electron chi connectivity index (χ2n) is 10.3. The van der Waals surface area contributed by atoms with Crippen molar-refractivity contribution in [2.75, 3.05) is 5.32 Å². The summed E-state index contributed by atoms with van der Waals surface area (Å²) in [5, 5.41) is 5.46. The number of benzene rings is 3. The Labute approximate surface area is 244 Å². The van der Waals surface area contributed by atoms with E-state index in [2.05, 4.69) is 20.6 Å². The van der Waals surface area contributed by atoms with Crippen LogP contribution in [0.1, 0.15) is 42.3 Å². The summed E-state index contributed by atoms with van der Waals surface area (Å²) in [7, 11) is 0. The maximum absolute atomic E-state index is 13.3. The summed E-state index contributed by atoms with van der Waals surface area (Å²) < 4.78 is 16.4. The van der Waals surface area contributed by atoms with Gasteiger partial charge in [-0.3, -0.25) is 4.79 Å². The average molecular weight is 569 g/mol. The van der Waals surface area contributed by atoms with Gasteiger partial charge in [-0.05, 0) is 74.4 Å². The van der Waals surface area contributed by atoms with Gasteiger partial charge in [-0.1, -0.05) is 42.5 Å². The number of anilines is 1. The van der Waals surface area contributed by atoms with Gasteiger partial charge in [-0.25, -0.2) is 19.6 Å². The topological polar surface area (TPSA) is 129 Å². The highest BCUT2D eigenvalue weighted by molar-refractivity contribution is 5.97. The number of rotatable bonds is 10. The van der Waals surface area contributed by atoms with E-state index in [0.29, 0.717) is 17.0 Å². The third kappa shape index (κ3) is 9.44. The summed E-state index contributed by atoms with van der Waals surface area (Å²) in [6.45, 7) is 5.37. The van der Waals surface area contributed by atoms with Gasteiger partial charge in [0.1, 0.15) is 24.0 Å². The molecule has 1 heterocycles. The monoisotopic (exact) mass is 568 g/mol. The van der Waals surface area contributed by atoms with Crippen LogP contribution in [0.3, 0.4) is 0 Å². The number of nitrogens with one attached hydrogen (secondary N) is 2. The first-order valence-corrected chi connectivity index (χ1v) is 13.3. The Balaban J connectivity index is 1.40. The molecule has 0 saturated heterocycles. The number of amides is 2. The Morgan fingerprint density at radius 1 is 0.810 bits per heavy atom. The summed E-state index contributed by atoms with van der Waals surface area (Å²) in [4.78, 5) is 46.4. The fourth-order valence-corrected chi connectivity index (χ4v) is 3.76. The van der Waals surface area contributed by atoms with E-state index in [1.165, 1.54) is 0 Å². The van der Waals surface area contributed by atoms with E-state index < -0.39 is 29.6 Å². The molecule has 1 atom stereocenters. The molecule has 3 aromatic carbocycles. The van der Waals surface area contributed by atoms with Crippen molar-refractivity contribution in [3.05, 3.63) is 114 Å². The Hall–Kier alpha value is -5.25. The van der Waals surface area contributed by atoms with Crippen LogP contribution in [-0.4, -0.2) is 39.6 Å². The maximum Gasteiger partial charge on any atom is 0.408 e. The molecule has 4 rings (SSSR count). The number of hydrogen-bond donors (Lipinski definition) is 2. The van der Waals surface area contributed by atoms with Gasteiger partial charge in [0.25, 0.3) is 0 Å². The molecule has 216 valence electrons. The Morgan fingerprint density at radius 2 is 1.48 bits per heavy atom. The molecular formula is C32H32N4O6. The second kappa shape index (κ2) is 13.9. The van der Waals surface area contributed by atoms with E-state index in [0.717, 1.165) is 11.1 Å². The number of aromatic nitrogens is 2. The van der Waals surface area contributed by atoms with Gasteiger partial charge in [0.15, 0.2) is 0 Å². The largest absolute Gasteiger partial charge is 0.457 e. The summed E-state index contributed by atoms with van der Waals surface area (Å²) in [6, 6.07) is 23.7. The highest BCUT2D eigenvalue weighted by atomic mass is 16.6. The van der Waals surface area contributed by atoms with Crippen LogP contribution in [0.5, 0.6) is 11.8 Å². The summed E-state index contributed by atoms with van der Waals surface area (Å²) in [5.41, 5.74) is 1.70. The van der Waals surface area contributed by atoms with Crippen molar-refractivity contribution in [2.45, 2.75) is 45.4 Å². The van der Waals surface area contributed by atoms with Crippen molar-refractivity contribution >= 4 is 23.7 Å². The van der Waals surface area contributed by atoms with Crippen LogP contribution in [0.15, 0.2) is 97.3 Å². The number of esters is 1. The van der Waals surface area contributed by atoms with Crippen molar-refractivity contribution in [3.8, 4) is 11.8 Å². The standard InChI is InChI=1S/C32H32N4O6/c1-32(2,3)42-31(39)36-27(20-22-10-16-26(17-11-22)41-30-33-18-7-19-34-30)28(37)35-25-14-12-24(13-15-25)29(38)40-21-23-8-5-4-6-9-23/h4-19,27H,20-21H2,1-3H3,(H,35,37)(H,36,39)/t27-/m0/s1. The van der Waals surface area contributed by atoms with E-state index in [1.807, 2.05) is 30.3 Å². The lowest BCUT2D eigenvalue weighted by Crippen LogP contribution is -2.47. The molecule has 0 fully saturated rings. The first-order chi connectivity index (χ1) is 20.1. The molecule has 0 bridgehead atoms. The summed E-state index contributed by atoms with van der Waals surface area (Å²) in [6.07, 6.45) is 2.61. The Bertz CT molecular complexity index is 1470. The zero-order valence-electron chi connectivity index (χ0n) is 23.6. The minimum Gasteiger partial charge on any atom is -0.457 e. The van der Waals surface area contributed by atoms with E-state index >= 15 is 0 Å². The molecule has 0 aliphatic heterocycles. The maximum atomic E-state index is 13.3. The Morgan fingerprint density at radius 3 is 2.12 bits per heavy atom. The molecule has 0 aliphatic rings. The van der Waals surface area contributed by atoms with Crippen molar-refractivity contribution in [1.82, 2.24) is 15.3 Å². The highest BCUT2D eigenvalue weighted by Crippen LogP contribution is 2.19. The molecule has 4 aromatic rings. The van der Waals surface area contributed by atoms with Gasteiger partial charge in [0.2, 0.25) is 5.91 Å². The molecule has 0 radical (unpaired) electrons. The van der Waals surface area contributed by atoms with Crippen LogP contribution < -0.4 is 15.4 Å². The summed E-state index contributed by atoms with van der Waals surface area (Å²) in [5.74, 6) is -0.417. The van der Waals surface area contributed by atoms with Crippen LogP contribution in [0.2, 0.25) is 0 Å². The SMILES string of the molecule is CC(C)(C)OC(=O)N[C@@H](Cc1ccc(Oc2ncccn2)cc1)C(=O)Nc1ccc(C(=O)OCc2ccccc2)cc1. The van der Waals surface area contributed by atoms with Gasteiger partial charge in [-0.15, -0.1) is 0 Å². The molecule has 2 amide bonds. The van der Waals surface area contributed by atoms with Crippen molar-refractivity contribution in [3.63, 3.8) is 0 Å². The predicted molar refractivity (Wildman–Crippen MR) is 156 cm³/mol. The highest BCUT2D eigenvalue weighted by Gasteiger charge is 2.25. The third-order valence-electron chi connectivity index (χ3n) is 5.72. The Kier molecular flexibility index (Phi) is 9.83. The minimum absolute atomic E-state index is 0.156. The molecule has 0 spiro atoms. The van der Waals surface area contributed by atoms with Gasteiger partial charge >= 0.3 is 18.1 Å². The molecule has 1 aromatic heterocycles. The van der Waals surface area contributed by atoms with Crippen LogP contribution in [-0.2, 0) is 27.3 Å².